The summed E-state index contributed by atoms with van der Waals surface area (Å²) in [6.45, 7) is 7.28. The average molecular weight is 301 g/mol. The summed E-state index contributed by atoms with van der Waals surface area (Å²) in [5.41, 5.74) is 3.80. The summed E-state index contributed by atoms with van der Waals surface area (Å²) in [5.74, 6) is 0.933. The van der Waals surface area contributed by atoms with Crippen molar-refractivity contribution in [3.8, 4) is 0 Å². The van der Waals surface area contributed by atoms with Crippen molar-refractivity contribution in [1.29, 1.82) is 0 Å². The number of hydrogen-bond acceptors (Lipinski definition) is 4. The molecule has 1 heterocycles. The zero-order valence-electron chi connectivity index (χ0n) is 13.0. The summed E-state index contributed by atoms with van der Waals surface area (Å²) >= 11 is 1.70. The Hall–Kier alpha value is -1.39. The van der Waals surface area contributed by atoms with Crippen LogP contribution >= 0.6 is 11.8 Å². The molecule has 2 aromatic rings. The van der Waals surface area contributed by atoms with Crippen LogP contribution in [0.4, 0.5) is 0 Å². The topological polar surface area (TPSA) is 37.8 Å². The molecule has 0 aliphatic rings. The van der Waals surface area contributed by atoms with E-state index in [1.807, 2.05) is 19.3 Å². The molecule has 0 spiro atoms. The van der Waals surface area contributed by atoms with E-state index in [0.29, 0.717) is 6.04 Å². The number of aromatic nitrogens is 2. The summed E-state index contributed by atoms with van der Waals surface area (Å²) in [6.07, 6.45) is 4.82. The van der Waals surface area contributed by atoms with Crippen LogP contribution < -0.4 is 5.32 Å². The van der Waals surface area contributed by atoms with Crippen molar-refractivity contribution in [1.82, 2.24) is 15.3 Å². The minimum atomic E-state index is 0.329. The third-order valence-electron chi connectivity index (χ3n) is 3.38. The Labute approximate surface area is 131 Å². The van der Waals surface area contributed by atoms with E-state index in [1.165, 1.54) is 11.1 Å². The molecule has 0 saturated heterocycles. The lowest BCUT2D eigenvalue weighted by Crippen LogP contribution is -2.23. The fourth-order valence-electron chi connectivity index (χ4n) is 2.12. The molecule has 1 atom stereocenters. The van der Waals surface area contributed by atoms with Crippen molar-refractivity contribution in [2.24, 2.45) is 0 Å². The molecule has 0 amide bonds. The summed E-state index contributed by atoms with van der Waals surface area (Å²) in [4.78, 5) is 8.71. The number of hydrogen-bond donors (Lipinski definition) is 1. The van der Waals surface area contributed by atoms with Gasteiger partial charge in [0.1, 0.15) is 0 Å². The van der Waals surface area contributed by atoms with Gasteiger partial charge in [0.2, 0.25) is 0 Å². The molecule has 1 aromatic heterocycles. The number of aryl methyl sites for hydroxylation is 2. The highest BCUT2D eigenvalue weighted by molar-refractivity contribution is 7.99. The zero-order valence-corrected chi connectivity index (χ0v) is 13.8. The van der Waals surface area contributed by atoms with E-state index in [4.69, 9.17) is 0 Å². The number of thioether (sulfide) groups is 1. The van der Waals surface area contributed by atoms with Crippen LogP contribution in [0.5, 0.6) is 0 Å². The minimum absolute atomic E-state index is 0.329. The SMILES string of the molecule is CCNC(CSc1ncc(C)cn1)c1ccc(CC)cc1. The molecule has 0 fully saturated rings. The molecule has 1 aromatic carbocycles. The van der Waals surface area contributed by atoms with Crippen molar-refractivity contribution in [2.75, 3.05) is 12.3 Å². The number of nitrogens with one attached hydrogen (secondary N) is 1. The number of benzene rings is 1. The Bertz CT molecular complexity index is 537. The molecule has 0 aliphatic heterocycles. The first-order chi connectivity index (χ1) is 10.2. The predicted molar refractivity (Wildman–Crippen MR) is 89.7 cm³/mol. The molecule has 0 radical (unpaired) electrons. The summed E-state index contributed by atoms with van der Waals surface area (Å²) in [6, 6.07) is 9.21. The van der Waals surface area contributed by atoms with Gasteiger partial charge in [0.05, 0.1) is 0 Å². The molecule has 0 aliphatic carbocycles. The molecule has 112 valence electrons. The second-order valence-electron chi connectivity index (χ2n) is 5.06. The van der Waals surface area contributed by atoms with Crippen LogP contribution in [0.25, 0.3) is 0 Å². The molecule has 0 bridgehead atoms. The summed E-state index contributed by atoms with van der Waals surface area (Å²) in [5, 5.41) is 4.38. The highest BCUT2D eigenvalue weighted by Crippen LogP contribution is 2.22. The number of rotatable bonds is 7. The number of nitrogens with zero attached hydrogens (tertiary/aromatic N) is 2. The third-order valence-corrected chi connectivity index (χ3v) is 4.35. The van der Waals surface area contributed by atoms with Gasteiger partial charge in [-0.2, -0.15) is 0 Å². The maximum atomic E-state index is 4.36. The molecule has 4 heteroatoms. The average Bonchev–Trinajstić information content (AvgIpc) is 2.53. The quantitative estimate of drug-likeness (QED) is 0.624. The van der Waals surface area contributed by atoms with Crippen LogP contribution in [0.1, 0.15) is 36.6 Å². The van der Waals surface area contributed by atoms with Gasteiger partial charge in [0.15, 0.2) is 5.16 Å². The van der Waals surface area contributed by atoms with Crippen molar-refractivity contribution < 1.29 is 0 Å². The highest BCUT2D eigenvalue weighted by Gasteiger charge is 2.11. The van der Waals surface area contributed by atoms with Gasteiger partial charge in [0.25, 0.3) is 0 Å². The first-order valence-corrected chi connectivity index (χ1v) is 8.45. The van der Waals surface area contributed by atoms with Gasteiger partial charge in [-0.25, -0.2) is 9.97 Å². The zero-order chi connectivity index (χ0) is 15.1. The van der Waals surface area contributed by atoms with Crippen molar-refractivity contribution >= 4 is 11.8 Å². The van der Waals surface area contributed by atoms with Gasteiger partial charge in [0, 0.05) is 24.2 Å². The predicted octanol–water partition coefficient (Wildman–Crippen LogP) is 3.79. The van der Waals surface area contributed by atoms with Gasteiger partial charge >= 0.3 is 0 Å². The molecule has 1 N–H and O–H groups in total. The monoisotopic (exact) mass is 301 g/mol. The van der Waals surface area contributed by atoms with E-state index >= 15 is 0 Å². The van der Waals surface area contributed by atoms with E-state index in [9.17, 15) is 0 Å². The van der Waals surface area contributed by atoms with Crippen molar-refractivity contribution in [2.45, 2.75) is 38.4 Å². The van der Waals surface area contributed by atoms with Gasteiger partial charge < -0.3 is 5.32 Å². The first kappa shape index (κ1) is 16.0. The minimum Gasteiger partial charge on any atom is -0.309 e. The lowest BCUT2D eigenvalue weighted by atomic mass is 10.1. The van der Waals surface area contributed by atoms with Gasteiger partial charge in [-0.15, -0.1) is 0 Å². The summed E-state index contributed by atoms with van der Waals surface area (Å²) < 4.78 is 0. The van der Waals surface area contributed by atoms with Crippen molar-refractivity contribution in [3.63, 3.8) is 0 Å². The molecule has 0 saturated carbocycles. The lowest BCUT2D eigenvalue weighted by molar-refractivity contribution is 0.605. The van der Waals surface area contributed by atoms with Crippen LogP contribution in [0.15, 0.2) is 41.8 Å². The first-order valence-electron chi connectivity index (χ1n) is 7.46. The molecular weight excluding hydrogens is 278 g/mol. The van der Waals surface area contributed by atoms with Crippen molar-refractivity contribution in [3.05, 3.63) is 53.3 Å². The van der Waals surface area contributed by atoms with Gasteiger partial charge in [-0.05, 0) is 36.6 Å². The molecule has 3 nitrogen and oxygen atoms in total. The largest absolute Gasteiger partial charge is 0.309 e. The smallest absolute Gasteiger partial charge is 0.187 e. The third kappa shape index (κ3) is 4.83. The maximum Gasteiger partial charge on any atom is 0.187 e. The van der Waals surface area contributed by atoms with E-state index in [-0.39, 0.29) is 0 Å². The van der Waals surface area contributed by atoms with Crippen LogP contribution in [0.3, 0.4) is 0 Å². The molecular formula is C17H23N3S. The Morgan fingerprint density at radius 2 is 1.76 bits per heavy atom. The molecule has 1 unspecified atom stereocenters. The van der Waals surface area contributed by atoms with E-state index in [0.717, 1.165) is 29.4 Å². The van der Waals surface area contributed by atoms with E-state index in [2.05, 4.69) is 53.4 Å². The Morgan fingerprint density at radius 1 is 1.10 bits per heavy atom. The fraction of sp³-hybridized carbons (Fsp3) is 0.412. The van der Waals surface area contributed by atoms with Crippen LogP contribution in [-0.4, -0.2) is 22.3 Å². The highest BCUT2D eigenvalue weighted by atomic mass is 32.2. The Balaban J connectivity index is 2.02. The van der Waals surface area contributed by atoms with Crippen LogP contribution in [-0.2, 0) is 6.42 Å². The van der Waals surface area contributed by atoms with Crippen LogP contribution in [0, 0.1) is 6.92 Å². The fourth-order valence-corrected chi connectivity index (χ4v) is 3.00. The molecule has 21 heavy (non-hydrogen) atoms. The Kier molecular flexibility index (Phi) is 6.21. The van der Waals surface area contributed by atoms with Gasteiger partial charge in [-0.1, -0.05) is 49.9 Å². The van der Waals surface area contributed by atoms with E-state index in [1.54, 1.807) is 11.8 Å². The maximum absolute atomic E-state index is 4.36. The molecule has 2 rings (SSSR count). The van der Waals surface area contributed by atoms with Gasteiger partial charge in [-0.3, -0.25) is 0 Å². The lowest BCUT2D eigenvalue weighted by Gasteiger charge is -2.18. The second-order valence-corrected chi connectivity index (χ2v) is 6.05. The Morgan fingerprint density at radius 3 is 2.33 bits per heavy atom. The normalized spacial score (nSPS) is 12.3. The van der Waals surface area contributed by atoms with Crippen LogP contribution in [0.2, 0.25) is 0 Å². The summed E-state index contributed by atoms with van der Waals surface area (Å²) in [7, 11) is 0. The second kappa shape index (κ2) is 8.15. The standard InChI is InChI=1S/C17H23N3S/c1-4-14-6-8-15(9-7-14)16(18-5-2)12-21-17-19-10-13(3)11-20-17/h6-11,16,18H,4-5,12H2,1-3H3. The van der Waals surface area contributed by atoms with E-state index < -0.39 is 0 Å².